The van der Waals surface area contributed by atoms with Gasteiger partial charge in [-0.1, -0.05) is 74.5 Å². The predicted molar refractivity (Wildman–Crippen MR) is 133 cm³/mol. The van der Waals surface area contributed by atoms with Crippen molar-refractivity contribution in [1.82, 2.24) is 4.90 Å². The summed E-state index contributed by atoms with van der Waals surface area (Å²) in [5, 5.41) is 0. The Balaban J connectivity index is 1.45. The number of hydrogen-bond acceptors (Lipinski definition) is 5. The number of para-hydroxylation sites is 1. The number of esters is 1. The van der Waals surface area contributed by atoms with Crippen LogP contribution in [0.2, 0.25) is 0 Å². The van der Waals surface area contributed by atoms with E-state index in [1.807, 2.05) is 74.5 Å². The van der Waals surface area contributed by atoms with Crippen LogP contribution in [0.15, 0.2) is 84.9 Å². The molecule has 7 nitrogen and oxygen atoms in total. The van der Waals surface area contributed by atoms with Crippen molar-refractivity contribution in [3.63, 3.8) is 0 Å². The van der Waals surface area contributed by atoms with Crippen molar-refractivity contribution in [1.29, 1.82) is 0 Å². The summed E-state index contributed by atoms with van der Waals surface area (Å²) < 4.78 is 5.86. The number of hydrogen-bond donors (Lipinski definition) is 0. The van der Waals surface area contributed by atoms with Gasteiger partial charge in [-0.3, -0.25) is 19.3 Å². The smallest absolute Gasteiger partial charge is 0.330 e. The predicted octanol–water partition coefficient (Wildman–Crippen LogP) is 3.88. The zero-order chi connectivity index (χ0) is 25.4. The minimum atomic E-state index is -1.21. The lowest BCUT2D eigenvalue weighted by Gasteiger charge is -2.29. The number of benzene rings is 3. The van der Waals surface area contributed by atoms with Crippen molar-refractivity contribution in [3.8, 4) is 0 Å². The number of ether oxygens (including phenoxy) is 1. The first kappa shape index (κ1) is 23.5. The second kappa shape index (κ2) is 9.07. The average Bonchev–Trinajstić information content (AvgIpc) is 3.27. The van der Waals surface area contributed by atoms with E-state index in [-0.39, 0.29) is 23.5 Å². The minimum Gasteiger partial charge on any atom is -0.450 e. The van der Waals surface area contributed by atoms with Gasteiger partial charge in [-0.15, -0.1) is 0 Å². The van der Waals surface area contributed by atoms with Crippen molar-refractivity contribution >= 4 is 29.4 Å². The van der Waals surface area contributed by atoms with Gasteiger partial charge >= 0.3 is 5.97 Å². The number of anilines is 1. The van der Waals surface area contributed by atoms with E-state index >= 15 is 0 Å². The lowest BCUT2D eigenvalue weighted by molar-refractivity contribution is -0.162. The second-order valence-corrected chi connectivity index (χ2v) is 9.80. The summed E-state index contributed by atoms with van der Waals surface area (Å²) in [6.45, 7) is 4.09. The molecule has 3 aromatic carbocycles. The van der Waals surface area contributed by atoms with Crippen LogP contribution in [0.4, 0.5) is 5.69 Å². The fourth-order valence-electron chi connectivity index (χ4n) is 4.88. The Morgan fingerprint density at radius 1 is 0.861 bits per heavy atom. The Hall–Kier alpha value is -4.26. The number of carbonyl (C=O) groups is 4. The summed E-state index contributed by atoms with van der Waals surface area (Å²) in [6.07, 6.45) is -0.979. The van der Waals surface area contributed by atoms with Crippen LogP contribution < -0.4 is 4.90 Å². The van der Waals surface area contributed by atoms with E-state index in [0.717, 1.165) is 16.2 Å². The number of nitrogens with zero attached hydrogens (tertiary/aromatic N) is 2. The van der Waals surface area contributed by atoms with Crippen molar-refractivity contribution < 1.29 is 23.9 Å². The molecule has 3 aromatic rings. The normalized spacial score (nSPS) is 19.4. The van der Waals surface area contributed by atoms with Crippen LogP contribution in [0.5, 0.6) is 0 Å². The average molecular weight is 483 g/mol. The van der Waals surface area contributed by atoms with Crippen molar-refractivity contribution in [2.24, 2.45) is 5.41 Å². The van der Waals surface area contributed by atoms with Crippen LogP contribution in [-0.4, -0.2) is 47.3 Å². The van der Waals surface area contributed by atoms with Gasteiger partial charge in [-0.25, -0.2) is 4.79 Å². The van der Waals surface area contributed by atoms with Crippen molar-refractivity contribution in [2.45, 2.75) is 32.4 Å². The SMILES string of the molecule is CC1(C)CN(c2ccccc2)C(=O)[C@@H]1OC(=O)[C@H](Cc1ccccc1)N1C(=O)c2ccccc2C1=O. The fourth-order valence-corrected chi connectivity index (χ4v) is 4.88. The lowest BCUT2D eigenvalue weighted by atomic mass is 9.89. The topological polar surface area (TPSA) is 84.0 Å². The molecule has 0 aromatic heterocycles. The van der Waals surface area contributed by atoms with E-state index in [0.29, 0.717) is 6.54 Å². The van der Waals surface area contributed by atoms with Crippen LogP contribution in [0.3, 0.4) is 0 Å². The third-order valence-electron chi connectivity index (χ3n) is 6.75. The van der Waals surface area contributed by atoms with Crippen LogP contribution in [0.1, 0.15) is 40.1 Å². The molecule has 0 spiro atoms. The molecule has 0 aliphatic carbocycles. The zero-order valence-electron chi connectivity index (χ0n) is 20.1. The maximum atomic E-state index is 13.7. The third kappa shape index (κ3) is 4.06. The van der Waals surface area contributed by atoms with Gasteiger partial charge in [0, 0.05) is 24.1 Å². The molecule has 36 heavy (non-hydrogen) atoms. The van der Waals surface area contributed by atoms with Crippen molar-refractivity contribution in [2.75, 3.05) is 11.4 Å². The molecule has 2 aliphatic heterocycles. The summed E-state index contributed by atoms with van der Waals surface area (Å²) in [5.74, 6) is -2.21. The first-order valence-electron chi connectivity index (χ1n) is 11.9. The highest BCUT2D eigenvalue weighted by atomic mass is 16.6. The number of imide groups is 1. The summed E-state index contributed by atoms with van der Waals surface area (Å²) in [6, 6.07) is 23.6. The highest BCUT2D eigenvalue weighted by molar-refractivity contribution is 6.22. The number of fused-ring (bicyclic) bond motifs is 1. The van der Waals surface area contributed by atoms with Crippen LogP contribution in [0.25, 0.3) is 0 Å². The molecule has 5 rings (SSSR count). The molecule has 0 unspecified atom stereocenters. The number of rotatable bonds is 6. The molecule has 1 saturated heterocycles. The van der Waals surface area contributed by atoms with Crippen molar-refractivity contribution in [3.05, 3.63) is 102 Å². The van der Waals surface area contributed by atoms with Crippen LogP contribution in [0, 0.1) is 5.41 Å². The maximum absolute atomic E-state index is 13.7. The molecule has 2 aliphatic rings. The monoisotopic (exact) mass is 482 g/mol. The molecule has 0 N–H and O–H groups in total. The molecular weight excluding hydrogens is 456 g/mol. The maximum Gasteiger partial charge on any atom is 0.330 e. The fraction of sp³-hybridized carbons (Fsp3) is 0.241. The Morgan fingerprint density at radius 3 is 1.97 bits per heavy atom. The molecule has 7 heteroatoms. The molecule has 182 valence electrons. The summed E-state index contributed by atoms with van der Waals surface area (Å²) in [7, 11) is 0. The Kier molecular flexibility index (Phi) is 5.92. The molecule has 0 saturated carbocycles. The van der Waals surface area contributed by atoms with E-state index in [2.05, 4.69) is 0 Å². The molecule has 1 fully saturated rings. The number of carbonyl (C=O) groups excluding carboxylic acids is 4. The van der Waals surface area contributed by atoms with E-state index in [1.165, 1.54) is 0 Å². The number of amides is 3. The van der Waals surface area contributed by atoms with Gasteiger partial charge in [-0.05, 0) is 29.8 Å². The highest BCUT2D eigenvalue weighted by Gasteiger charge is 2.51. The lowest BCUT2D eigenvalue weighted by Crippen LogP contribution is -2.49. The first-order chi connectivity index (χ1) is 17.3. The molecule has 2 heterocycles. The minimum absolute atomic E-state index is 0.0783. The van der Waals surface area contributed by atoms with Gasteiger partial charge in [0.2, 0.25) is 0 Å². The van der Waals surface area contributed by atoms with E-state index < -0.39 is 35.3 Å². The van der Waals surface area contributed by atoms with Crippen LogP contribution >= 0.6 is 0 Å². The van der Waals surface area contributed by atoms with E-state index in [9.17, 15) is 19.2 Å². The Bertz CT molecular complexity index is 1300. The second-order valence-electron chi connectivity index (χ2n) is 9.80. The highest BCUT2D eigenvalue weighted by Crippen LogP contribution is 2.37. The van der Waals surface area contributed by atoms with Gasteiger partial charge in [0.15, 0.2) is 6.10 Å². The third-order valence-corrected chi connectivity index (χ3v) is 6.75. The zero-order valence-corrected chi connectivity index (χ0v) is 20.1. The van der Waals surface area contributed by atoms with Gasteiger partial charge < -0.3 is 9.64 Å². The van der Waals surface area contributed by atoms with E-state index in [1.54, 1.807) is 29.2 Å². The Morgan fingerprint density at radius 2 is 1.39 bits per heavy atom. The molecule has 0 bridgehead atoms. The Labute approximate surface area is 209 Å². The standard InChI is InChI=1S/C29H26N2O5/c1-29(2)18-30(20-13-7-4-8-14-20)27(34)24(29)36-28(35)23(17-19-11-5-3-6-12-19)31-25(32)21-15-9-10-16-22(21)26(31)33/h3-16,23-24H,17-18H2,1-2H3/t23-,24-/m0/s1. The van der Waals surface area contributed by atoms with Gasteiger partial charge in [0.1, 0.15) is 6.04 Å². The molecule has 3 amide bonds. The van der Waals surface area contributed by atoms with E-state index in [4.69, 9.17) is 4.74 Å². The first-order valence-corrected chi connectivity index (χ1v) is 11.9. The summed E-state index contributed by atoms with van der Waals surface area (Å²) in [4.78, 5) is 56.1. The molecule has 0 radical (unpaired) electrons. The van der Waals surface area contributed by atoms with Crippen LogP contribution in [-0.2, 0) is 20.7 Å². The van der Waals surface area contributed by atoms with Gasteiger partial charge in [0.05, 0.1) is 11.1 Å². The van der Waals surface area contributed by atoms with Gasteiger partial charge in [-0.2, -0.15) is 0 Å². The summed E-state index contributed by atoms with van der Waals surface area (Å²) >= 11 is 0. The largest absolute Gasteiger partial charge is 0.450 e. The summed E-state index contributed by atoms with van der Waals surface area (Å²) in [5.41, 5.74) is 1.30. The molecular formula is C29H26N2O5. The van der Waals surface area contributed by atoms with Gasteiger partial charge in [0.25, 0.3) is 17.7 Å². The molecule has 2 atom stereocenters. The quantitative estimate of drug-likeness (QED) is 0.393.